The van der Waals surface area contributed by atoms with Crippen LogP contribution >= 0.6 is 24.0 Å². The molecule has 2 heterocycles. The molecule has 0 radical (unpaired) electrons. The van der Waals surface area contributed by atoms with Gasteiger partial charge in [-0.05, 0) is 50.0 Å². The highest BCUT2D eigenvalue weighted by atomic mass is 35.5. The van der Waals surface area contributed by atoms with Crippen molar-refractivity contribution < 1.29 is 8.42 Å². The van der Waals surface area contributed by atoms with Crippen molar-refractivity contribution in [2.24, 2.45) is 5.92 Å². The van der Waals surface area contributed by atoms with Gasteiger partial charge in [-0.2, -0.15) is 4.31 Å². The highest BCUT2D eigenvalue weighted by molar-refractivity contribution is 7.89. The molecule has 1 N–H and O–H groups in total. The normalized spacial score (nSPS) is 21.4. The number of halogens is 2. The Morgan fingerprint density at radius 2 is 1.79 bits per heavy atom. The molecule has 8 heteroatoms. The number of benzene rings is 1. The molecule has 0 amide bonds. The van der Waals surface area contributed by atoms with E-state index in [-0.39, 0.29) is 17.3 Å². The molecule has 0 aliphatic carbocycles. The zero-order chi connectivity index (χ0) is 16.3. The Bertz CT molecular complexity index is 628. The van der Waals surface area contributed by atoms with Crippen molar-refractivity contribution in [2.45, 2.75) is 17.7 Å². The van der Waals surface area contributed by atoms with Gasteiger partial charge in [-0.1, -0.05) is 17.7 Å². The van der Waals surface area contributed by atoms with Crippen molar-refractivity contribution in [1.82, 2.24) is 14.5 Å². The molecule has 0 saturated carbocycles. The third kappa shape index (κ3) is 4.84. The van der Waals surface area contributed by atoms with Crippen LogP contribution in [-0.2, 0) is 10.0 Å². The van der Waals surface area contributed by atoms with Crippen molar-refractivity contribution in [3.63, 3.8) is 0 Å². The zero-order valence-corrected chi connectivity index (χ0v) is 16.0. The Morgan fingerprint density at radius 1 is 1.12 bits per heavy atom. The second-order valence-electron chi connectivity index (χ2n) is 6.36. The predicted octanol–water partition coefficient (Wildman–Crippen LogP) is 2.07. The summed E-state index contributed by atoms with van der Waals surface area (Å²) >= 11 is 5.93. The molecule has 0 aromatic heterocycles. The number of hydrogen-bond acceptors (Lipinski definition) is 4. The van der Waals surface area contributed by atoms with Gasteiger partial charge in [0.15, 0.2) is 0 Å². The second-order valence-corrected chi connectivity index (χ2v) is 8.73. The molecule has 0 atom stereocenters. The van der Waals surface area contributed by atoms with Crippen LogP contribution in [0.15, 0.2) is 29.2 Å². The van der Waals surface area contributed by atoms with E-state index < -0.39 is 10.0 Å². The first-order valence-electron chi connectivity index (χ1n) is 8.24. The largest absolute Gasteiger partial charge is 0.317 e. The maximum Gasteiger partial charge on any atom is 0.243 e. The third-order valence-corrected chi connectivity index (χ3v) is 6.87. The van der Waals surface area contributed by atoms with Gasteiger partial charge in [-0.15, -0.1) is 12.4 Å². The number of piperazine rings is 1. The monoisotopic (exact) mass is 393 g/mol. The summed E-state index contributed by atoms with van der Waals surface area (Å²) in [4.78, 5) is 2.69. The summed E-state index contributed by atoms with van der Waals surface area (Å²) in [5, 5.41) is 3.84. The lowest BCUT2D eigenvalue weighted by Crippen LogP contribution is -2.50. The van der Waals surface area contributed by atoms with E-state index in [9.17, 15) is 8.42 Å². The lowest BCUT2D eigenvalue weighted by Gasteiger charge is -2.36. The van der Waals surface area contributed by atoms with Gasteiger partial charge in [-0.25, -0.2) is 8.42 Å². The Balaban J connectivity index is 0.00000208. The van der Waals surface area contributed by atoms with Crippen LogP contribution < -0.4 is 5.32 Å². The van der Waals surface area contributed by atoms with Gasteiger partial charge in [0.1, 0.15) is 0 Å². The van der Waals surface area contributed by atoms with Crippen molar-refractivity contribution in [1.29, 1.82) is 0 Å². The molecule has 2 fully saturated rings. The summed E-state index contributed by atoms with van der Waals surface area (Å²) in [6.07, 6.45) is 2.45. The first kappa shape index (κ1) is 19.9. The summed E-state index contributed by atoms with van der Waals surface area (Å²) in [5.74, 6) is 0.743. The molecule has 0 unspecified atom stereocenters. The molecule has 136 valence electrons. The van der Waals surface area contributed by atoms with E-state index in [0.29, 0.717) is 18.1 Å². The topological polar surface area (TPSA) is 52.7 Å². The van der Waals surface area contributed by atoms with E-state index in [2.05, 4.69) is 10.2 Å². The molecule has 0 spiro atoms. The number of nitrogens with zero attached hydrogens (tertiary/aromatic N) is 2. The summed E-state index contributed by atoms with van der Waals surface area (Å²) in [7, 11) is -3.43. The molecule has 1 aromatic carbocycles. The van der Waals surface area contributed by atoms with Crippen LogP contribution in [0.5, 0.6) is 0 Å². The van der Waals surface area contributed by atoms with Gasteiger partial charge in [0.25, 0.3) is 0 Å². The quantitative estimate of drug-likeness (QED) is 0.850. The summed E-state index contributed by atoms with van der Waals surface area (Å²) in [6.45, 7) is 6.03. The highest BCUT2D eigenvalue weighted by Crippen LogP contribution is 2.21. The first-order chi connectivity index (χ1) is 11.1. The molecule has 5 nitrogen and oxygen atoms in total. The van der Waals surface area contributed by atoms with E-state index in [1.807, 2.05) is 0 Å². The minimum absolute atomic E-state index is 0. The Hall–Kier alpha value is -0.370. The van der Waals surface area contributed by atoms with E-state index in [1.165, 1.54) is 18.9 Å². The summed E-state index contributed by atoms with van der Waals surface area (Å²) < 4.78 is 26.9. The molecular weight excluding hydrogens is 369 g/mol. The minimum Gasteiger partial charge on any atom is -0.317 e. The van der Waals surface area contributed by atoms with Crippen LogP contribution in [0.3, 0.4) is 0 Å². The number of nitrogens with one attached hydrogen (secondary N) is 1. The van der Waals surface area contributed by atoms with E-state index in [4.69, 9.17) is 11.6 Å². The fourth-order valence-corrected chi connectivity index (χ4v) is 5.08. The zero-order valence-electron chi connectivity index (χ0n) is 13.7. The summed E-state index contributed by atoms with van der Waals surface area (Å²) in [5.41, 5.74) is 0. The van der Waals surface area contributed by atoms with Crippen LogP contribution in [0.2, 0.25) is 5.02 Å². The number of piperidine rings is 1. The van der Waals surface area contributed by atoms with Gasteiger partial charge in [0.2, 0.25) is 10.0 Å². The Kier molecular flexibility index (Phi) is 7.34. The fraction of sp³-hybridized carbons (Fsp3) is 0.625. The van der Waals surface area contributed by atoms with Crippen molar-refractivity contribution in [3.05, 3.63) is 29.3 Å². The van der Waals surface area contributed by atoms with Gasteiger partial charge in [-0.3, -0.25) is 0 Å². The lowest BCUT2D eigenvalue weighted by molar-refractivity contribution is 0.152. The van der Waals surface area contributed by atoms with Crippen LogP contribution in [0.25, 0.3) is 0 Å². The number of hydrogen-bond donors (Lipinski definition) is 1. The van der Waals surface area contributed by atoms with Gasteiger partial charge in [0.05, 0.1) is 4.90 Å². The van der Waals surface area contributed by atoms with Crippen molar-refractivity contribution in [2.75, 3.05) is 45.8 Å². The van der Waals surface area contributed by atoms with Crippen molar-refractivity contribution in [3.8, 4) is 0 Å². The van der Waals surface area contributed by atoms with Gasteiger partial charge >= 0.3 is 0 Å². The smallest absolute Gasteiger partial charge is 0.243 e. The average molecular weight is 394 g/mol. The van der Waals surface area contributed by atoms with Gasteiger partial charge in [0, 0.05) is 37.7 Å². The molecule has 1 aromatic rings. The Morgan fingerprint density at radius 3 is 2.42 bits per heavy atom. The van der Waals surface area contributed by atoms with Gasteiger partial charge < -0.3 is 10.2 Å². The van der Waals surface area contributed by atoms with E-state index in [1.54, 1.807) is 22.5 Å². The SMILES string of the molecule is Cl.O=S(=O)(c1cccc(Cl)c1)N1CCN(CC2CCNCC2)CC1. The van der Waals surface area contributed by atoms with Crippen molar-refractivity contribution >= 4 is 34.0 Å². The van der Waals surface area contributed by atoms with Crippen LogP contribution in [0.1, 0.15) is 12.8 Å². The molecule has 3 rings (SSSR count). The van der Waals surface area contributed by atoms with Crippen LogP contribution in [0.4, 0.5) is 0 Å². The molecule has 24 heavy (non-hydrogen) atoms. The van der Waals surface area contributed by atoms with Crippen LogP contribution in [0, 0.1) is 5.92 Å². The first-order valence-corrected chi connectivity index (χ1v) is 10.1. The van der Waals surface area contributed by atoms with Crippen LogP contribution in [-0.4, -0.2) is 63.4 Å². The maximum absolute atomic E-state index is 12.7. The minimum atomic E-state index is -3.43. The molecule has 0 bridgehead atoms. The summed E-state index contributed by atoms with van der Waals surface area (Å²) in [6, 6.07) is 6.51. The number of rotatable bonds is 4. The standard InChI is InChI=1S/C16H24ClN3O2S.ClH/c17-15-2-1-3-16(12-15)23(21,22)20-10-8-19(9-11-20)13-14-4-6-18-7-5-14;/h1-3,12,14,18H,4-11,13H2;1H. The fourth-order valence-electron chi connectivity index (χ4n) is 3.36. The van der Waals surface area contributed by atoms with E-state index >= 15 is 0 Å². The molecule has 2 aliphatic rings. The Labute approximate surface area is 155 Å². The third-order valence-electron chi connectivity index (χ3n) is 4.74. The lowest BCUT2D eigenvalue weighted by atomic mass is 9.97. The van der Waals surface area contributed by atoms with E-state index in [0.717, 1.165) is 38.6 Å². The maximum atomic E-state index is 12.7. The second kappa shape index (κ2) is 8.83. The molecular formula is C16H25Cl2N3O2S. The number of sulfonamides is 1. The highest BCUT2D eigenvalue weighted by Gasteiger charge is 2.29. The molecule has 2 saturated heterocycles. The average Bonchev–Trinajstić information content (AvgIpc) is 2.56. The molecule has 2 aliphatic heterocycles. The predicted molar refractivity (Wildman–Crippen MR) is 99.5 cm³/mol.